The van der Waals surface area contributed by atoms with Gasteiger partial charge in [0, 0.05) is 17.5 Å². The highest BCUT2D eigenvalue weighted by atomic mass is 16.5. The van der Waals surface area contributed by atoms with Gasteiger partial charge in [-0.05, 0) is 25.1 Å². The van der Waals surface area contributed by atoms with Crippen LogP contribution in [0.2, 0.25) is 0 Å². The number of nitrogens with zero attached hydrogens (tertiary/aromatic N) is 1. The molecule has 4 heteroatoms. The molecule has 0 fully saturated rings. The van der Waals surface area contributed by atoms with E-state index >= 15 is 0 Å². The lowest BCUT2D eigenvalue weighted by molar-refractivity contribution is 0.417. The van der Waals surface area contributed by atoms with Crippen LogP contribution in [0.5, 0.6) is 5.75 Å². The van der Waals surface area contributed by atoms with Crippen LogP contribution >= 0.6 is 0 Å². The van der Waals surface area contributed by atoms with Crippen molar-refractivity contribution in [2.24, 2.45) is 0 Å². The minimum absolute atomic E-state index is 0.629. The second-order valence-corrected chi connectivity index (χ2v) is 3.37. The molecule has 3 N–H and O–H groups in total. The quantitative estimate of drug-likeness (QED) is 0.733. The molecule has 0 aliphatic heterocycles. The van der Waals surface area contributed by atoms with Crippen molar-refractivity contribution < 1.29 is 4.74 Å². The number of methoxy groups -OCH3 is 1. The molecule has 15 heavy (non-hydrogen) atoms. The van der Waals surface area contributed by atoms with Gasteiger partial charge in [0.25, 0.3) is 0 Å². The summed E-state index contributed by atoms with van der Waals surface area (Å²) in [6, 6.07) is 5.59. The van der Waals surface area contributed by atoms with Gasteiger partial charge >= 0.3 is 0 Å². The minimum atomic E-state index is 0.629. The monoisotopic (exact) mass is 203 g/mol. The van der Waals surface area contributed by atoms with E-state index in [0.717, 1.165) is 17.1 Å². The second-order valence-electron chi connectivity index (χ2n) is 3.37. The highest BCUT2D eigenvalue weighted by molar-refractivity contribution is 5.65. The number of ether oxygens (including phenoxy) is 1. The van der Waals surface area contributed by atoms with Gasteiger partial charge in [0.1, 0.15) is 11.6 Å². The van der Waals surface area contributed by atoms with E-state index in [1.165, 1.54) is 0 Å². The first-order valence-corrected chi connectivity index (χ1v) is 4.66. The summed E-state index contributed by atoms with van der Waals surface area (Å²) in [4.78, 5) is 7.39. The molecule has 0 radical (unpaired) electrons. The summed E-state index contributed by atoms with van der Waals surface area (Å²) < 4.78 is 5.15. The molecule has 1 heterocycles. The fraction of sp³-hybridized carbons (Fsp3) is 0.182. The summed E-state index contributed by atoms with van der Waals surface area (Å²) in [7, 11) is 1.60. The van der Waals surface area contributed by atoms with Gasteiger partial charge in [-0.3, -0.25) is 0 Å². The number of nitrogen functional groups attached to an aromatic ring is 1. The number of rotatable bonds is 2. The first-order chi connectivity index (χ1) is 7.20. The zero-order chi connectivity index (χ0) is 10.8. The van der Waals surface area contributed by atoms with E-state index in [0.29, 0.717) is 11.4 Å². The van der Waals surface area contributed by atoms with E-state index in [1.807, 2.05) is 25.1 Å². The number of anilines is 1. The predicted molar refractivity (Wildman–Crippen MR) is 59.7 cm³/mol. The standard InChI is InChI=1S/C11H13N3O/c1-7-6-13-11(14-7)8-3-4-9(12)10(5-8)15-2/h3-6H,12H2,1-2H3,(H,13,14). The molecule has 0 bridgehead atoms. The normalized spacial score (nSPS) is 10.3. The lowest BCUT2D eigenvalue weighted by Gasteiger charge is -2.05. The van der Waals surface area contributed by atoms with Gasteiger partial charge in [0.05, 0.1) is 12.8 Å². The minimum Gasteiger partial charge on any atom is -0.495 e. The Labute approximate surface area is 88.1 Å². The molecule has 0 amide bonds. The van der Waals surface area contributed by atoms with Crippen LogP contribution in [0.4, 0.5) is 5.69 Å². The second kappa shape index (κ2) is 3.65. The Morgan fingerprint density at radius 3 is 2.80 bits per heavy atom. The third-order valence-electron chi connectivity index (χ3n) is 2.21. The number of H-pyrrole nitrogens is 1. The van der Waals surface area contributed by atoms with Crippen molar-refractivity contribution in [3.05, 3.63) is 30.1 Å². The fourth-order valence-corrected chi connectivity index (χ4v) is 1.42. The summed E-state index contributed by atoms with van der Waals surface area (Å²) in [5.74, 6) is 1.49. The molecule has 0 aliphatic carbocycles. The largest absolute Gasteiger partial charge is 0.495 e. The molecule has 2 rings (SSSR count). The van der Waals surface area contributed by atoms with Gasteiger partial charge in [-0.25, -0.2) is 4.98 Å². The molecule has 0 spiro atoms. The van der Waals surface area contributed by atoms with Crippen LogP contribution in [0.15, 0.2) is 24.4 Å². The molecular weight excluding hydrogens is 190 g/mol. The maximum Gasteiger partial charge on any atom is 0.142 e. The maximum atomic E-state index is 5.73. The predicted octanol–water partition coefficient (Wildman–Crippen LogP) is 1.98. The number of aromatic nitrogens is 2. The van der Waals surface area contributed by atoms with Crippen molar-refractivity contribution in [3.8, 4) is 17.1 Å². The summed E-state index contributed by atoms with van der Waals surface area (Å²) in [6.07, 6.45) is 1.79. The molecular formula is C11H13N3O. The number of hydrogen-bond acceptors (Lipinski definition) is 3. The van der Waals surface area contributed by atoms with E-state index in [2.05, 4.69) is 9.97 Å². The molecule has 0 aliphatic rings. The number of hydrogen-bond donors (Lipinski definition) is 2. The molecule has 1 aromatic carbocycles. The van der Waals surface area contributed by atoms with Crippen LogP contribution < -0.4 is 10.5 Å². The van der Waals surface area contributed by atoms with Crippen LogP contribution in [-0.4, -0.2) is 17.1 Å². The number of nitrogens with two attached hydrogens (primary N) is 1. The van der Waals surface area contributed by atoms with Crippen LogP contribution in [0, 0.1) is 6.92 Å². The first kappa shape index (κ1) is 9.58. The van der Waals surface area contributed by atoms with Gasteiger partial charge in [-0.1, -0.05) is 0 Å². The average Bonchev–Trinajstić information content (AvgIpc) is 2.66. The molecule has 1 aromatic heterocycles. The van der Waals surface area contributed by atoms with Crippen molar-refractivity contribution in [2.45, 2.75) is 6.92 Å². The summed E-state index contributed by atoms with van der Waals surface area (Å²) in [5.41, 5.74) is 8.35. The number of imidazole rings is 1. The lowest BCUT2D eigenvalue weighted by atomic mass is 10.2. The van der Waals surface area contributed by atoms with Crippen molar-refractivity contribution in [2.75, 3.05) is 12.8 Å². The lowest BCUT2D eigenvalue weighted by Crippen LogP contribution is -1.92. The van der Waals surface area contributed by atoms with Gasteiger partial charge in [0.2, 0.25) is 0 Å². The molecule has 4 nitrogen and oxygen atoms in total. The maximum absolute atomic E-state index is 5.73. The Hall–Kier alpha value is -1.97. The zero-order valence-corrected chi connectivity index (χ0v) is 8.74. The smallest absolute Gasteiger partial charge is 0.142 e. The topological polar surface area (TPSA) is 63.9 Å². The Morgan fingerprint density at radius 2 is 2.20 bits per heavy atom. The van der Waals surface area contributed by atoms with E-state index < -0.39 is 0 Å². The van der Waals surface area contributed by atoms with E-state index in [4.69, 9.17) is 10.5 Å². The van der Waals surface area contributed by atoms with Crippen LogP contribution in [0.1, 0.15) is 5.69 Å². The summed E-state index contributed by atoms with van der Waals surface area (Å²) in [6.45, 7) is 1.96. The fourth-order valence-electron chi connectivity index (χ4n) is 1.42. The first-order valence-electron chi connectivity index (χ1n) is 4.66. The highest BCUT2D eigenvalue weighted by Crippen LogP contribution is 2.26. The number of nitrogens with one attached hydrogen (secondary N) is 1. The molecule has 2 aromatic rings. The summed E-state index contributed by atoms with van der Waals surface area (Å²) >= 11 is 0. The molecule has 0 saturated heterocycles. The molecule has 0 unspecified atom stereocenters. The number of aryl methyl sites for hydroxylation is 1. The van der Waals surface area contributed by atoms with Gasteiger partial charge in [0.15, 0.2) is 0 Å². The van der Waals surface area contributed by atoms with Crippen molar-refractivity contribution in [1.29, 1.82) is 0 Å². The Morgan fingerprint density at radius 1 is 1.40 bits per heavy atom. The van der Waals surface area contributed by atoms with Crippen molar-refractivity contribution in [3.63, 3.8) is 0 Å². The molecule has 0 atom stereocenters. The molecule has 78 valence electrons. The van der Waals surface area contributed by atoms with Crippen molar-refractivity contribution in [1.82, 2.24) is 9.97 Å². The van der Waals surface area contributed by atoms with Gasteiger partial charge < -0.3 is 15.5 Å². The zero-order valence-electron chi connectivity index (χ0n) is 8.74. The van der Waals surface area contributed by atoms with Crippen LogP contribution in [0.25, 0.3) is 11.4 Å². The number of benzene rings is 1. The number of aromatic amines is 1. The Kier molecular flexibility index (Phi) is 2.33. The van der Waals surface area contributed by atoms with Crippen LogP contribution in [0.3, 0.4) is 0 Å². The third kappa shape index (κ3) is 1.79. The van der Waals surface area contributed by atoms with E-state index in [1.54, 1.807) is 13.3 Å². The van der Waals surface area contributed by atoms with Gasteiger partial charge in [-0.15, -0.1) is 0 Å². The van der Waals surface area contributed by atoms with E-state index in [-0.39, 0.29) is 0 Å². The summed E-state index contributed by atoms with van der Waals surface area (Å²) in [5, 5.41) is 0. The molecule has 0 saturated carbocycles. The average molecular weight is 203 g/mol. The SMILES string of the molecule is COc1cc(-c2ncc(C)[nH]2)ccc1N. The van der Waals surface area contributed by atoms with Crippen LogP contribution in [-0.2, 0) is 0 Å². The van der Waals surface area contributed by atoms with Gasteiger partial charge in [-0.2, -0.15) is 0 Å². The Bertz CT molecular complexity index is 476. The van der Waals surface area contributed by atoms with E-state index in [9.17, 15) is 0 Å². The highest BCUT2D eigenvalue weighted by Gasteiger charge is 2.05. The Balaban J connectivity index is 2.45. The third-order valence-corrected chi connectivity index (χ3v) is 2.21. The van der Waals surface area contributed by atoms with Crippen molar-refractivity contribution >= 4 is 5.69 Å².